The van der Waals surface area contributed by atoms with Crippen molar-refractivity contribution >= 4 is 28.7 Å². The zero-order valence-electron chi connectivity index (χ0n) is 21.0. The first kappa shape index (κ1) is 26.1. The molecule has 0 unspecified atom stereocenters. The Hall–Kier alpha value is -2.94. The van der Waals surface area contributed by atoms with Gasteiger partial charge in [-0.1, -0.05) is 44.9 Å². The molecule has 9 heteroatoms. The fraction of sp³-hybridized carbons (Fsp3) is 0.630. The molecule has 9 nitrogen and oxygen atoms in total. The number of carbonyl (C=O) groups is 2. The Bertz CT molecular complexity index is 1110. The van der Waals surface area contributed by atoms with Crippen molar-refractivity contribution in [2.75, 3.05) is 31.6 Å². The summed E-state index contributed by atoms with van der Waals surface area (Å²) in [5.41, 5.74) is 0.237. The summed E-state index contributed by atoms with van der Waals surface area (Å²) in [5, 5.41) is 12.4. The van der Waals surface area contributed by atoms with Gasteiger partial charge in [-0.2, -0.15) is 0 Å². The summed E-state index contributed by atoms with van der Waals surface area (Å²) >= 11 is 0. The highest BCUT2D eigenvalue weighted by Gasteiger charge is 2.21. The van der Waals surface area contributed by atoms with Crippen molar-refractivity contribution in [3.05, 3.63) is 28.6 Å². The molecule has 1 aromatic heterocycles. The largest absolute Gasteiger partial charge is 0.494 e. The van der Waals surface area contributed by atoms with Crippen LogP contribution in [0.2, 0.25) is 0 Å². The van der Waals surface area contributed by atoms with Crippen molar-refractivity contribution in [1.29, 1.82) is 0 Å². The molecule has 1 fully saturated rings. The highest BCUT2D eigenvalue weighted by Crippen LogP contribution is 2.27. The number of rotatable bonds is 13. The normalized spacial score (nSPS) is 15.6. The fourth-order valence-electron chi connectivity index (χ4n) is 5.26. The van der Waals surface area contributed by atoms with Crippen molar-refractivity contribution in [3.63, 3.8) is 0 Å². The number of aromatic nitrogens is 2. The number of fused-ring (bicyclic) bond motifs is 2. The summed E-state index contributed by atoms with van der Waals surface area (Å²) in [6.45, 7) is 1.50. The van der Waals surface area contributed by atoms with Gasteiger partial charge in [-0.15, -0.1) is 0 Å². The second kappa shape index (κ2) is 12.9. The van der Waals surface area contributed by atoms with Gasteiger partial charge >= 0.3 is 0 Å². The lowest BCUT2D eigenvalue weighted by atomic mass is 9.86. The van der Waals surface area contributed by atoms with Crippen LogP contribution in [0.1, 0.15) is 70.6 Å². The Morgan fingerprint density at radius 3 is 2.75 bits per heavy atom. The average molecular weight is 499 g/mol. The van der Waals surface area contributed by atoms with Gasteiger partial charge in [0.2, 0.25) is 17.8 Å². The van der Waals surface area contributed by atoms with E-state index in [1.807, 2.05) is 0 Å². The summed E-state index contributed by atoms with van der Waals surface area (Å²) in [5.74, 6) is 1.53. The fourth-order valence-corrected chi connectivity index (χ4v) is 5.26. The van der Waals surface area contributed by atoms with Crippen LogP contribution in [0.25, 0.3) is 10.9 Å². The van der Waals surface area contributed by atoms with Gasteiger partial charge in [-0.25, -0.2) is 4.98 Å². The lowest BCUT2D eigenvalue weighted by Crippen LogP contribution is -2.34. The molecule has 1 aliphatic carbocycles. The molecule has 1 aliphatic heterocycles. The van der Waals surface area contributed by atoms with Crippen LogP contribution in [-0.4, -0.2) is 57.7 Å². The highest BCUT2D eigenvalue weighted by molar-refractivity contribution is 5.94. The summed E-state index contributed by atoms with van der Waals surface area (Å²) < 4.78 is 7.14. The van der Waals surface area contributed by atoms with Crippen LogP contribution >= 0.6 is 0 Å². The van der Waals surface area contributed by atoms with Gasteiger partial charge in [0.1, 0.15) is 12.3 Å². The molecule has 2 amide bonds. The molecule has 196 valence electrons. The van der Waals surface area contributed by atoms with E-state index in [0.717, 1.165) is 18.8 Å². The van der Waals surface area contributed by atoms with Crippen LogP contribution in [0.15, 0.2) is 23.0 Å². The van der Waals surface area contributed by atoms with Gasteiger partial charge in [0.15, 0.2) is 0 Å². The molecule has 1 saturated carbocycles. The van der Waals surface area contributed by atoms with Crippen LogP contribution in [0.3, 0.4) is 0 Å². The second-order valence-electron chi connectivity index (χ2n) is 9.96. The van der Waals surface area contributed by atoms with Gasteiger partial charge < -0.3 is 14.7 Å². The standard InChI is InChI=1S/C27H38N4O5/c32-16-15-30(14-6-4-10-20-8-2-1-3-9-20)25(34)11-5-7-17-36-21-12-13-23-22(18-21)26(35)31-19-24(33)29-27(31)28-23/h12-13,18,20,32H,1-11,14-17,19H2,(H,28,29,33). The number of ether oxygens (including phenoxy) is 1. The quantitative estimate of drug-likeness (QED) is 0.409. The predicted molar refractivity (Wildman–Crippen MR) is 138 cm³/mol. The monoisotopic (exact) mass is 498 g/mol. The molecule has 1 aromatic carbocycles. The molecule has 2 N–H and O–H groups in total. The zero-order chi connectivity index (χ0) is 25.3. The number of hydrogen-bond donors (Lipinski definition) is 2. The minimum atomic E-state index is -0.271. The number of anilines is 1. The van der Waals surface area contributed by atoms with Crippen molar-refractivity contribution in [1.82, 2.24) is 14.5 Å². The van der Waals surface area contributed by atoms with E-state index >= 15 is 0 Å². The number of carbonyl (C=O) groups excluding carboxylic acids is 2. The Balaban J connectivity index is 1.18. The van der Waals surface area contributed by atoms with Crippen molar-refractivity contribution in [2.24, 2.45) is 5.92 Å². The number of amides is 2. The number of nitrogens with one attached hydrogen (secondary N) is 1. The average Bonchev–Trinajstić information content (AvgIpc) is 3.27. The predicted octanol–water partition coefficient (Wildman–Crippen LogP) is 3.47. The van der Waals surface area contributed by atoms with Crippen molar-refractivity contribution < 1.29 is 19.4 Å². The molecule has 0 bridgehead atoms. The van der Waals surface area contributed by atoms with Gasteiger partial charge in [0.25, 0.3) is 5.56 Å². The molecule has 0 saturated heterocycles. The summed E-state index contributed by atoms with van der Waals surface area (Å²) in [4.78, 5) is 43.0. The highest BCUT2D eigenvalue weighted by atomic mass is 16.5. The summed E-state index contributed by atoms with van der Waals surface area (Å²) in [6, 6.07) is 5.12. The Morgan fingerprint density at radius 2 is 1.94 bits per heavy atom. The maximum Gasteiger partial charge on any atom is 0.263 e. The molecule has 0 atom stereocenters. The molecule has 2 aromatic rings. The molecule has 0 radical (unpaired) electrons. The Morgan fingerprint density at radius 1 is 1.11 bits per heavy atom. The SMILES string of the molecule is O=C1Cn2c(nc3ccc(OCCCCC(=O)N(CCO)CCCCC4CCCCC4)cc3c2=O)N1. The third kappa shape index (κ3) is 6.84. The van der Waals surface area contributed by atoms with E-state index in [0.29, 0.717) is 55.6 Å². The van der Waals surface area contributed by atoms with Crippen LogP contribution in [-0.2, 0) is 16.1 Å². The number of unbranched alkanes of at least 4 members (excludes halogenated alkanes) is 2. The third-order valence-electron chi connectivity index (χ3n) is 7.27. The third-order valence-corrected chi connectivity index (χ3v) is 7.27. The number of benzene rings is 1. The van der Waals surface area contributed by atoms with E-state index in [-0.39, 0.29) is 36.5 Å². The molecular formula is C27H38N4O5. The molecule has 4 rings (SSSR count). The Labute approximate surface area is 211 Å². The lowest BCUT2D eigenvalue weighted by Gasteiger charge is -2.24. The molecule has 36 heavy (non-hydrogen) atoms. The second-order valence-corrected chi connectivity index (χ2v) is 9.96. The van der Waals surface area contributed by atoms with Crippen LogP contribution in [0.5, 0.6) is 5.75 Å². The van der Waals surface area contributed by atoms with E-state index in [4.69, 9.17) is 4.74 Å². The van der Waals surface area contributed by atoms with Crippen LogP contribution in [0, 0.1) is 5.92 Å². The number of aliphatic hydroxyl groups is 1. The van der Waals surface area contributed by atoms with E-state index in [1.165, 1.54) is 43.1 Å². The molecule has 2 aliphatic rings. The lowest BCUT2D eigenvalue weighted by molar-refractivity contribution is -0.132. The first-order valence-corrected chi connectivity index (χ1v) is 13.4. The van der Waals surface area contributed by atoms with Crippen LogP contribution in [0.4, 0.5) is 5.95 Å². The van der Waals surface area contributed by atoms with Gasteiger partial charge in [-0.05, 0) is 43.4 Å². The van der Waals surface area contributed by atoms with Crippen LogP contribution < -0.4 is 15.6 Å². The summed E-state index contributed by atoms with van der Waals surface area (Å²) in [7, 11) is 0. The van der Waals surface area contributed by atoms with Gasteiger partial charge in [-0.3, -0.25) is 24.3 Å². The minimum absolute atomic E-state index is 0.0122. The first-order chi connectivity index (χ1) is 17.5. The first-order valence-electron chi connectivity index (χ1n) is 13.4. The smallest absolute Gasteiger partial charge is 0.263 e. The maximum absolute atomic E-state index is 12.7. The van der Waals surface area contributed by atoms with E-state index in [1.54, 1.807) is 23.1 Å². The molecule has 2 heterocycles. The van der Waals surface area contributed by atoms with E-state index in [2.05, 4.69) is 10.3 Å². The Kier molecular flexibility index (Phi) is 9.33. The maximum atomic E-state index is 12.7. The van der Waals surface area contributed by atoms with E-state index in [9.17, 15) is 19.5 Å². The van der Waals surface area contributed by atoms with Crippen molar-refractivity contribution in [3.8, 4) is 5.75 Å². The van der Waals surface area contributed by atoms with Crippen molar-refractivity contribution in [2.45, 2.75) is 77.2 Å². The van der Waals surface area contributed by atoms with E-state index < -0.39 is 0 Å². The number of aliphatic hydroxyl groups excluding tert-OH is 1. The van der Waals surface area contributed by atoms with Gasteiger partial charge in [0, 0.05) is 19.5 Å². The number of nitrogens with zero attached hydrogens (tertiary/aromatic N) is 3. The molecule has 0 spiro atoms. The summed E-state index contributed by atoms with van der Waals surface area (Å²) in [6.07, 6.45) is 12.1. The molecular weight excluding hydrogens is 460 g/mol. The topological polar surface area (TPSA) is 114 Å². The zero-order valence-corrected chi connectivity index (χ0v) is 21.0. The van der Waals surface area contributed by atoms with Gasteiger partial charge in [0.05, 0.1) is 24.1 Å². The minimum Gasteiger partial charge on any atom is -0.494 e. The number of hydrogen-bond acceptors (Lipinski definition) is 6.